The lowest BCUT2D eigenvalue weighted by atomic mass is 10.0. The molecule has 0 aliphatic rings. The quantitative estimate of drug-likeness (QED) is 0.0415. The number of carboxylic acid groups (broad SMARTS) is 3. The summed E-state index contributed by atoms with van der Waals surface area (Å²) in [6, 6.07) is 0. The van der Waals surface area contributed by atoms with Crippen molar-refractivity contribution in [2.24, 2.45) is 0 Å². The smallest absolute Gasteiger partial charge is 0.303 e. The molecule has 0 aromatic rings. The average Bonchev–Trinajstić information content (AvgIpc) is 3.22. The zero-order valence-electron chi connectivity index (χ0n) is 40.5. The number of hydrogen-bond donors (Lipinski definition) is 3. The molecule has 0 radical (unpaired) electrons. The normalized spacial score (nSPS) is 11.1. The van der Waals surface area contributed by atoms with Crippen molar-refractivity contribution in [2.75, 3.05) is 0 Å². The van der Waals surface area contributed by atoms with E-state index in [1.807, 2.05) is 0 Å². The lowest BCUT2D eigenvalue weighted by Crippen LogP contribution is -1.93. The minimum Gasteiger partial charge on any atom is -0.481 e. The van der Waals surface area contributed by atoms with Gasteiger partial charge in [-0.15, -0.1) is 0 Å². The highest BCUT2D eigenvalue weighted by molar-refractivity contribution is 5.67. The van der Waals surface area contributed by atoms with E-state index in [2.05, 4.69) is 45.1 Å². The molecule has 0 heterocycles. The van der Waals surface area contributed by atoms with Gasteiger partial charge in [-0.25, -0.2) is 0 Å². The van der Waals surface area contributed by atoms with Crippen LogP contribution in [0.1, 0.15) is 303 Å². The van der Waals surface area contributed by atoms with Crippen LogP contribution in [0.5, 0.6) is 0 Å². The number of carbonyl (C=O) groups is 3. The van der Waals surface area contributed by atoms with E-state index < -0.39 is 17.9 Å². The number of unbranched alkanes of at least 4 members (excludes halogenated alkanes) is 36. The first-order valence-electron chi connectivity index (χ1n) is 26.3. The fourth-order valence-corrected chi connectivity index (χ4v) is 7.34. The van der Waals surface area contributed by atoms with Crippen molar-refractivity contribution in [3.8, 4) is 0 Å². The van der Waals surface area contributed by atoms with Crippen LogP contribution in [0.3, 0.4) is 0 Å². The molecule has 0 spiro atoms. The van der Waals surface area contributed by atoms with Crippen LogP contribution in [0.25, 0.3) is 0 Å². The first kappa shape index (κ1) is 62.2. The summed E-state index contributed by atoms with van der Waals surface area (Å²) in [7, 11) is 0. The molecule has 0 rings (SSSR count). The van der Waals surface area contributed by atoms with Crippen LogP contribution in [0.2, 0.25) is 0 Å². The summed E-state index contributed by atoms with van der Waals surface area (Å²) >= 11 is 0. The standard InChI is InChI=1S/C18H36O2.2C18H34O2/c3*1-2-3-4-5-6-7-8-9-10-11-12-13-14-15-16-17-18(19)20/h2-17H2,1H3,(H,19,20);2*9-10H,2-8,11-17H2,1H3,(H,19,20). The summed E-state index contributed by atoms with van der Waals surface area (Å²) < 4.78 is 0. The van der Waals surface area contributed by atoms with Gasteiger partial charge in [-0.3, -0.25) is 14.4 Å². The Morgan fingerprint density at radius 3 is 0.567 bits per heavy atom. The van der Waals surface area contributed by atoms with Crippen molar-refractivity contribution >= 4 is 17.9 Å². The molecule has 0 saturated carbocycles. The minimum atomic E-state index is -0.664. The molecule has 0 saturated heterocycles. The summed E-state index contributed by atoms with van der Waals surface area (Å²) in [4.78, 5) is 31.0. The molecule has 0 fully saturated rings. The van der Waals surface area contributed by atoms with Crippen molar-refractivity contribution in [2.45, 2.75) is 303 Å². The van der Waals surface area contributed by atoms with Gasteiger partial charge < -0.3 is 15.3 Å². The Morgan fingerprint density at radius 1 is 0.250 bits per heavy atom. The Hall–Kier alpha value is -2.11. The second kappa shape index (κ2) is 59.0. The highest BCUT2D eigenvalue weighted by Crippen LogP contribution is 2.15. The van der Waals surface area contributed by atoms with Gasteiger partial charge in [-0.2, -0.15) is 0 Å². The van der Waals surface area contributed by atoms with Gasteiger partial charge in [0.15, 0.2) is 0 Å². The monoisotopic (exact) mass is 849 g/mol. The third kappa shape index (κ3) is 70.4. The number of allylic oxidation sites excluding steroid dienone is 4. The predicted octanol–water partition coefficient (Wildman–Crippen LogP) is 18.5. The Bertz CT molecular complexity index is 847. The van der Waals surface area contributed by atoms with Crippen LogP contribution in [0.15, 0.2) is 24.3 Å². The van der Waals surface area contributed by atoms with Gasteiger partial charge >= 0.3 is 17.9 Å². The number of aliphatic carboxylic acids is 3. The zero-order valence-corrected chi connectivity index (χ0v) is 40.5. The maximum atomic E-state index is 10.3. The van der Waals surface area contributed by atoms with E-state index in [-0.39, 0.29) is 0 Å². The van der Waals surface area contributed by atoms with E-state index in [0.717, 1.165) is 38.5 Å². The summed E-state index contributed by atoms with van der Waals surface area (Å²) in [5.41, 5.74) is 0. The van der Waals surface area contributed by atoms with E-state index >= 15 is 0 Å². The molecule has 60 heavy (non-hydrogen) atoms. The van der Waals surface area contributed by atoms with Gasteiger partial charge in [0.1, 0.15) is 0 Å². The van der Waals surface area contributed by atoms with E-state index in [1.54, 1.807) is 0 Å². The van der Waals surface area contributed by atoms with Gasteiger partial charge in [-0.05, 0) is 70.6 Å². The molecule has 0 unspecified atom stereocenters. The Morgan fingerprint density at radius 2 is 0.400 bits per heavy atom. The highest BCUT2D eigenvalue weighted by atomic mass is 16.4. The van der Waals surface area contributed by atoms with Crippen LogP contribution >= 0.6 is 0 Å². The molecule has 3 N–H and O–H groups in total. The SMILES string of the molecule is CCCCCCCCC=CCCCCCCCC(=O)O.CCCCCCCCC=CCCCCCCCC(=O)O.CCCCCCCCCCCCCCCCCC(=O)O. The van der Waals surface area contributed by atoms with Gasteiger partial charge in [-0.1, -0.05) is 238 Å². The van der Waals surface area contributed by atoms with E-state index in [9.17, 15) is 14.4 Å². The minimum absolute atomic E-state index is 0.332. The number of carboxylic acids is 3. The fourth-order valence-electron chi connectivity index (χ4n) is 7.34. The molecular weight excluding hydrogens is 745 g/mol. The summed E-state index contributed by atoms with van der Waals surface area (Å²) in [6.07, 6.45) is 62.7. The molecule has 0 bridgehead atoms. The van der Waals surface area contributed by atoms with Crippen molar-refractivity contribution in [3.05, 3.63) is 24.3 Å². The van der Waals surface area contributed by atoms with Gasteiger partial charge in [0, 0.05) is 19.3 Å². The summed E-state index contributed by atoms with van der Waals surface area (Å²) in [6.45, 7) is 6.79. The zero-order chi connectivity index (χ0) is 44.7. The predicted molar refractivity (Wildman–Crippen MR) is 261 cm³/mol. The van der Waals surface area contributed by atoms with Crippen molar-refractivity contribution in [1.29, 1.82) is 0 Å². The molecule has 0 aromatic carbocycles. The average molecular weight is 849 g/mol. The Labute approximate surface area is 374 Å². The second-order valence-electron chi connectivity index (χ2n) is 17.5. The lowest BCUT2D eigenvalue weighted by Gasteiger charge is -2.03. The van der Waals surface area contributed by atoms with Gasteiger partial charge in [0.05, 0.1) is 0 Å². The van der Waals surface area contributed by atoms with Crippen molar-refractivity contribution in [3.63, 3.8) is 0 Å². The molecule has 6 nitrogen and oxygen atoms in total. The molecule has 356 valence electrons. The molecule has 0 atom stereocenters. The van der Waals surface area contributed by atoms with Crippen LogP contribution in [0, 0.1) is 0 Å². The highest BCUT2D eigenvalue weighted by Gasteiger charge is 1.99. The van der Waals surface area contributed by atoms with E-state index in [0.29, 0.717) is 19.3 Å². The van der Waals surface area contributed by atoms with E-state index in [4.69, 9.17) is 15.3 Å². The number of hydrogen-bond acceptors (Lipinski definition) is 3. The van der Waals surface area contributed by atoms with Gasteiger partial charge in [0.25, 0.3) is 0 Å². The molecule has 0 aliphatic heterocycles. The van der Waals surface area contributed by atoms with Crippen molar-refractivity contribution < 1.29 is 29.7 Å². The van der Waals surface area contributed by atoms with Crippen LogP contribution in [-0.4, -0.2) is 33.2 Å². The summed E-state index contributed by atoms with van der Waals surface area (Å²) in [5, 5.41) is 25.5. The molecule has 0 aromatic heterocycles. The van der Waals surface area contributed by atoms with Crippen LogP contribution < -0.4 is 0 Å². The second-order valence-corrected chi connectivity index (χ2v) is 17.5. The Balaban J connectivity index is -0.000000812. The van der Waals surface area contributed by atoms with Gasteiger partial charge in [0.2, 0.25) is 0 Å². The van der Waals surface area contributed by atoms with E-state index in [1.165, 1.54) is 225 Å². The Kier molecular flexibility index (Phi) is 61.1. The topological polar surface area (TPSA) is 112 Å². The third-order valence-corrected chi connectivity index (χ3v) is 11.3. The first-order chi connectivity index (χ1) is 29.3. The van der Waals surface area contributed by atoms with Crippen LogP contribution in [-0.2, 0) is 14.4 Å². The maximum absolute atomic E-state index is 10.3. The maximum Gasteiger partial charge on any atom is 0.303 e. The molecule has 0 aliphatic carbocycles. The fraction of sp³-hybridized carbons (Fsp3) is 0.870. The molecular formula is C54H104O6. The third-order valence-electron chi connectivity index (χ3n) is 11.3. The summed E-state index contributed by atoms with van der Waals surface area (Å²) in [5.74, 6) is -1.98. The van der Waals surface area contributed by atoms with Crippen molar-refractivity contribution in [1.82, 2.24) is 0 Å². The number of rotatable bonds is 46. The lowest BCUT2D eigenvalue weighted by molar-refractivity contribution is -0.138. The largest absolute Gasteiger partial charge is 0.481 e. The molecule has 0 amide bonds. The van der Waals surface area contributed by atoms with Crippen LogP contribution in [0.4, 0.5) is 0 Å². The first-order valence-corrected chi connectivity index (χ1v) is 26.3. The molecule has 6 heteroatoms.